The zero-order valence-electron chi connectivity index (χ0n) is 15.1. The van der Waals surface area contributed by atoms with Crippen molar-refractivity contribution in [3.8, 4) is 10.6 Å². The van der Waals surface area contributed by atoms with Gasteiger partial charge in [-0.15, -0.1) is 11.3 Å². The normalized spacial score (nSPS) is 10.8. The van der Waals surface area contributed by atoms with Gasteiger partial charge in [0.25, 0.3) is 5.91 Å². The van der Waals surface area contributed by atoms with Gasteiger partial charge in [-0.25, -0.2) is 9.37 Å². The summed E-state index contributed by atoms with van der Waals surface area (Å²) in [5, 5.41) is 6.76. The van der Waals surface area contributed by atoms with Gasteiger partial charge in [-0.3, -0.25) is 10.1 Å². The lowest BCUT2D eigenvalue weighted by atomic mass is 10.2. The number of anilines is 1. The average molecular weight is 476 g/mol. The highest BCUT2D eigenvalue weighted by molar-refractivity contribution is 7.80. The molecule has 0 fully saturated rings. The molecule has 0 radical (unpaired) electrons. The van der Waals surface area contributed by atoms with Crippen molar-refractivity contribution in [2.45, 2.75) is 0 Å². The van der Waals surface area contributed by atoms with E-state index in [1.807, 2.05) is 24.3 Å². The van der Waals surface area contributed by atoms with Crippen LogP contribution in [0.15, 0.2) is 60.7 Å². The van der Waals surface area contributed by atoms with Crippen LogP contribution >= 0.6 is 46.8 Å². The van der Waals surface area contributed by atoms with Crippen LogP contribution in [0.3, 0.4) is 0 Å². The molecule has 30 heavy (non-hydrogen) atoms. The lowest BCUT2D eigenvalue weighted by Crippen LogP contribution is -2.34. The predicted molar refractivity (Wildman–Crippen MR) is 125 cm³/mol. The van der Waals surface area contributed by atoms with Crippen LogP contribution in [0.4, 0.5) is 10.1 Å². The summed E-state index contributed by atoms with van der Waals surface area (Å²) in [6, 6.07) is 16.7. The number of hydrogen-bond acceptors (Lipinski definition) is 4. The Morgan fingerprint density at radius 3 is 2.53 bits per heavy atom. The minimum absolute atomic E-state index is 0.0253. The SMILES string of the molecule is O=C(NC(=S)Nc1cc(-c2nc3ccccc3s2)c(Cl)cc1Cl)c1ccccc1F. The van der Waals surface area contributed by atoms with Crippen LogP contribution in [-0.4, -0.2) is 16.0 Å². The predicted octanol–water partition coefficient (Wildman–Crippen LogP) is 6.54. The molecule has 3 aromatic carbocycles. The lowest BCUT2D eigenvalue weighted by Gasteiger charge is -2.13. The molecular weight excluding hydrogens is 464 g/mol. The molecule has 4 nitrogen and oxygen atoms in total. The first-order valence-electron chi connectivity index (χ1n) is 8.64. The Balaban J connectivity index is 1.58. The minimum atomic E-state index is -0.665. The van der Waals surface area contributed by atoms with Crippen molar-refractivity contribution in [2.75, 3.05) is 5.32 Å². The van der Waals surface area contributed by atoms with E-state index in [-0.39, 0.29) is 10.7 Å². The first kappa shape index (κ1) is 20.7. The summed E-state index contributed by atoms with van der Waals surface area (Å²) in [6.45, 7) is 0. The molecule has 9 heteroatoms. The van der Waals surface area contributed by atoms with Gasteiger partial charge in [0.2, 0.25) is 0 Å². The fourth-order valence-corrected chi connectivity index (χ4v) is 4.54. The van der Waals surface area contributed by atoms with Crippen LogP contribution in [0.5, 0.6) is 0 Å². The van der Waals surface area contributed by atoms with Gasteiger partial charge in [0.15, 0.2) is 5.11 Å². The van der Waals surface area contributed by atoms with Gasteiger partial charge >= 0.3 is 0 Å². The highest BCUT2D eigenvalue weighted by atomic mass is 35.5. The molecule has 4 rings (SSSR count). The lowest BCUT2D eigenvalue weighted by molar-refractivity contribution is 0.0974. The number of nitrogens with zero attached hydrogens (tertiary/aromatic N) is 1. The van der Waals surface area contributed by atoms with Gasteiger partial charge in [0.05, 0.1) is 31.5 Å². The zero-order valence-corrected chi connectivity index (χ0v) is 18.2. The van der Waals surface area contributed by atoms with Gasteiger partial charge in [0, 0.05) is 5.56 Å². The Labute approximate surface area is 190 Å². The monoisotopic (exact) mass is 475 g/mol. The van der Waals surface area contributed by atoms with Gasteiger partial charge in [-0.05, 0) is 48.6 Å². The van der Waals surface area contributed by atoms with Gasteiger partial charge in [-0.1, -0.05) is 47.5 Å². The van der Waals surface area contributed by atoms with Crippen molar-refractivity contribution in [1.29, 1.82) is 0 Å². The van der Waals surface area contributed by atoms with Gasteiger partial charge < -0.3 is 5.32 Å². The molecule has 0 unspecified atom stereocenters. The Hall–Kier alpha value is -2.58. The Morgan fingerprint density at radius 1 is 1.03 bits per heavy atom. The average Bonchev–Trinajstić information content (AvgIpc) is 3.14. The van der Waals surface area contributed by atoms with E-state index in [1.165, 1.54) is 29.5 Å². The Kier molecular flexibility index (Phi) is 5.97. The molecule has 150 valence electrons. The van der Waals surface area contributed by atoms with E-state index in [0.29, 0.717) is 21.3 Å². The Morgan fingerprint density at radius 2 is 1.77 bits per heavy atom. The maximum Gasteiger partial charge on any atom is 0.260 e. The third kappa shape index (κ3) is 4.29. The number of nitrogens with one attached hydrogen (secondary N) is 2. The van der Waals surface area contributed by atoms with Crippen molar-refractivity contribution in [2.24, 2.45) is 0 Å². The van der Waals surface area contributed by atoms with E-state index >= 15 is 0 Å². The minimum Gasteiger partial charge on any atom is -0.331 e. The zero-order chi connectivity index (χ0) is 21.3. The van der Waals surface area contributed by atoms with Crippen LogP contribution in [-0.2, 0) is 0 Å². The van der Waals surface area contributed by atoms with Crippen molar-refractivity contribution in [3.05, 3.63) is 82.1 Å². The number of carbonyl (C=O) groups excluding carboxylic acids is 1. The van der Waals surface area contributed by atoms with E-state index in [0.717, 1.165) is 15.2 Å². The maximum absolute atomic E-state index is 13.8. The van der Waals surface area contributed by atoms with E-state index in [2.05, 4.69) is 15.6 Å². The summed E-state index contributed by atoms with van der Waals surface area (Å²) in [5.74, 6) is -1.30. The number of aromatic nitrogens is 1. The number of fused-ring (bicyclic) bond motifs is 1. The van der Waals surface area contributed by atoms with Gasteiger partial charge in [0.1, 0.15) is 10.8 Å². The number of amides is 1. The van der Waals surface area contributed by atoms with Crippen molar-refractivity contribution in [3.63, 3.8) is 0 Å². The third-order valence-electron chi connectivity index (χ3n) is 4.17. The number of para-hydroxylation sites is 1. The van der Waals surface area contributed by atoms with Crippen molar-refractivity contribution < 1.29 is 9.18 Å². The molecule has 2 N–H and O–H groups in total. The number of thiocarbonyl (C=S) groups is 1. The van der Waals surface area contributed by atoms with Crippen molar-refractivity contribution >= 4 is 73.7 Å². The number of hydrogen-bond donors (Lipinski definition) is 2. The molecule has 1 aromatic heterocycles. The van der Waals surface area contributed by atoms with Crippen LogP contribution in [0.1, 0.15) is 10.4 Å². The van der Waals surface area contributed by atoms with Crippen LogP contribution in [0, 0.1) is 5.82 Å². The summed E-state index contributed by atoms with van der Waals surface area (Å²) < 4.78 is 14.8. The summed E-state index contributed by atoms with van der Waals surface area (Å²) >= 11 is 19.4. The standard InChI is InChI=1S/C21H12Cl2FN3OS2/c22-13-10-14(23)17(9-12(13)20-25-16-7-3-4-8-18(16)30-20)26-21(29)27-19(28)11-5-1-2-6-15(11)24/h1-10H,(H2,26,27,28,29). The van der Waals surface area contributed by atoms with Gasteiger partial charge in [-0.2, -0.15) is 0 Å². The second-order valence-electron chi connectivity index (χ2n) is 6.19. The molecule has 1 amide bonds. The molecule has 0 atom stereocenters. The van der Waals surface area contributed by atoms with E-state index in [1.54, 1.807) is 18.2 Å². The number of halogens is 3. The molecule has 0 aliphatic carbocycles. The summed E-state index contributed by atoms with van der Waals surface area (Å²) in [4.78, 5) is 16.9. The van der Waals surface area contributed by atoms with Crippen LogP contribution in [0.2, 0.25) is 10.0 Å². The number of rotatable bonds is 3. The highest BCUT2D eigenvalue weighted by Gasteiger charge is 2.16. The molecule has 4 aromatic rings. The molecule has 0 aliphatic heterocycles. The molecule has 1 heterocycles. The summed E-state index contributed by atoms with van der Waals surface area (Å²) in [5.41, 5.74) is 1.87. The first-order chi connectivity index (χ1) is 14.4. The molecule has 0 saturated heterocycles. The highest BCUT2D eigenvalue weighted by Crippen LogP contribution is 2.38. The molecule has 0 aliphatic rings. The smallest absolute Gasteiger partial charge is 0.260 e. The van der Waals surface area contributed by atoms with Crippen LogP contribution in [0.25, 0.3) is 20.8 Å². The summed E-state index contributed by atoms with van der Waals surface area (Å²) in [6.07, 6.45) is 0. The van der Waals surface area contributed by atoms with Crippen LogP contribution < -0.4 is 10.6 Å². The molecule has 0 bridgehead atoms. The molecule has 0 saturated carbocycles. The fraction of sp³-hybridized carbons (Fsp3) is 0. The second kappa shape index (κ2) is 8.65. The van der Waals surface area contributed by atoms with E-state index in [9.17, 15) is 9.18 Å². The summed E-state index contributed by atoms with van der Waals surface area (Å²) in [7, 11) is 0. The number of carbonyl (C=O) groups is 1. The third-order valence-corrected chi connectivity index (χ3v) is 6.07. The Bertz CT molecular complexity index is 1260. The number of thiazole rings is 1. The topological polar surface area (TPSA) is 54.0 Å². The number of benzene rings is 3. The molecule has 0 spiro atoms. The van der Waals surface area contributed by atoms with E-state index in [4.69, 9.17) is 35.4 Å². The second-order valence-corrected chi connectivity index (χ2v) is 8.44. The largest absolute Gasteiger partial charge is 0.331 e. The van der Waals surface area contributed by atoms with E-state index < -0.39 is 11.7 Å². The first-order valence-corrected chi connectivity index (χ1v) is 10.6. The quantitative estimate of drug-likeness (QED) is 0.330. The maximum atomic E-state index is 13.8. The fourth-order valence-electron chi connectivity index (χ4n) is 2.77. The van der Waals surface area contributed by atoms with Crippen molar-refractivity contribution in [1.82, 2.24) is 10.3 Å². The molecular formula is C21H12Cl2FN3OS2.